The van der Waals surface area contributed by atoms with Crippen LogP contribution in [0.2, 0.25) is 0 Å². The van der Waals surface area contributed by atoms with Crippen LogP contribution < -0.4 is 15.9 Å². The number of pyridine rings is 1. The van der Waals surface area contributed by atoms with Crippen LogP contribution >= 0.6 is 7.14 Å². The van der Waals surface area contributed by atoms with Gasteiger partial charge in [-0.05, 0) is 59.8 Å². The maximum atomic E-state index is 15.5. The molecule has 0 fully saturated rings. The molecule has 0 aliphatic carbocycles. The van der Waals surface area contributed by atoms with E-state index < -0.39 is 7.14 Å². The van der Waals surface area contributed by atoms with Crippen molar-refractivity contribution in [2.75, 3.05) is 0 Å². The third-order valence-electron chi connectivity index (χ3n) is 7.76. The van der Waals surface area contributed by atoms with E-state index in [2.05, 4.69) is 59.2 Å². The standard InChI is InChI=1S/C33H22N3OP/c1-21-35-28-14-7-15-30-33(28)36(21)29-17-16-23(20-31(29)38(30,37)24-10-3-2-4-11-24)27-19-22-9-5-6-12-25(22)32-26(27)13-8-18-34-32/h2-20H,1H3. The lowest BCUT2D eigenvalue weighted by Gasteiger charge is -2.29. The van der Waals surface area contributed by atoms with Crippen LogP contribution in [0.4, 0.5) is 0 Å². The number of rotatable bonds is 2. The highest BCUT2D eigenvalue weighted by Crippen LogP contribution is 2.50. The number of para-hydroxylation sites is 1. The molecule has 0 saturated carbocycles. The summed E-state index contributed by atoms with van der Waals surface area (Å²) in [6.07, 6.45) is 1.85. The van der Waals surface area contributed by atoms with E-state index in [4.69, 9.17) is 9.97 Å². The summed E-state index contributed by atoms with van der Waals surface area (Å²) < 4.78 is 17.7. The summed E-state index contributed by atoms with van der Waals surface area (Å²) in [5, 5.41) is 5.86. The van der Waals surface area contributed by atoms with Crippen LogP contribution in [0.5, 0.6) is 0 Å². The Morgan fingerprint density at radius 2 is 1.55 bits per heavy atom. The van der Waals surface area contributed by atoms with Gasteiger partial charge >= 0.3 is 0 Å². The fourth-order valence-electron chi connectivity index (χ4n) is 6.10. The second kappa shape index (κ2) is 7.74. The number of hydrogen-bond donors (Lipinski definition) is 0. The summed E-state index contributed by atoms with van der Waals surface area (Å²) in [6, 6.07) is 37.0. The minimum Gasteiger partial charge on any atom is -0.308 e. The van der Waals surface area contributed by atoms with Gasteiger partial charge < -0.3 is 4.57 Å². The minimum absolute atomic E-state index is 0.834. The maximum absolute atomic E-state index is 15.5. The third kappa shape index (κ3) is 2.78. The van der Waals surface area contributed by atoms with Crippen LogP contribution in [0.25, 0.3) is 49.5 Å². The summed E-state index contributed by atoms with van der Waals surface area (Å²) in [7, 11) is -3.18. The molecular formula is C33H22N3OP. The predicted octanol–water partition coefficient (Wildman–Crippen LogP) is 6.66. The third-order valence-corrected chi connectivity index (χ3v) is 10.9. The number of aryl methyl sites for hydroxylation is 1. The van der Waals surface area contributed by atoms with Gasteiger partial charge in [-0.25, -0.2) is 4.98 Å². The Morgan fingerprint density at radius 3 is 2.45 bits per heavy atom. The van der Waals surface area contributed by atoms with Crippen LogP contribution in [0.3, 0.4) is 0 Å². The normalized spacial score (nSPS) is 16.2. The van der Waals surface area contributed by atoms with E-state index in [0.717, 1.165) is 71.3 Å². The van der Waals surface area contributed by atoms with Gasteiger partial charge in [0.2, 0.25) is 0 Å². The molecule has 180 valence electrons. The van der Waals surface area contributed by atoms with Crippen LogP contribution in [0.15, 0.2) is 115 Å². The molecule has 4 nitrogen and oxygen atoms in total. The summed E-state index contributed by atoms with van der Waals surface area (Å²) in [4.78, 5) is 9.58. The average molecular weight is 508 g/mol. The summed E-state index contributed by atoms with van der Waals surface area (Å²) in [5.41, 5.74) is 5.83. The van der Waals surface area contributed by atoms with Gasteiger partial charge in [-0.2, -0.15) is 0 Å². The molecule has 0 radical (unpaired) electrons. The molecule has 3 heterocycles. The number of benzene rings is 5. The molecule has 0 amide bonds. The van der Waals surface area contributed by atoms with Crippen molar-refractivity contribution in [1.82, 2.24) is 14.5 Å². The Hall–Kier alpha value is -4.53. The number of fused-ring (bicyclic) bond motifs is 5. The second-order valence-corrected chi connectivity index (χ2v) is 12.5. The lowest BCUT2D eigenvalue weighted by Crippen LogP contribution is -2.33. The average Bonchev–Trinajstić information content (AvgIpc) is 3.32. The van der Waals surface area contributed by atoms with E-state index in [1.165, 1.54) is 0 Å². The number of imidazole rings is 1. The molecule has 0 bridgehead atoms. The molecule has 1 aliphatic heterocycles. The largest absolute Gasteiger partial charge is 0.308 e. The Balaban J connectivity index is 1.49. The lowest BCUT2D eigenvalue weighted by molar-refractivity contribution is 0.592. The predicted molar refractivity (Wildman–Crippen MR) is 157 cm³/mol. The molecule has 1 unspecified atom stereocenters. The first-order valence-corrected chi connectivity index (χ1v) is 14.4. The van der Waals surface area contributed by atoms with Crippen molar-refractivity contribution >= 4 is 55.8 Å². The van der Waals surface area contributed by atoms with Crippen molar-refractivity contribution in [2.24, 2.45) is 0 Å². The summed E-state index contributed by atoms with van der Waals surface area (Å²) in [5.74, 6) is 0.890. The molecule has 0 spiro atoms. The SMILES string of the molecule is Cc1nc2cccc3c2n1-c1ccc(-c2cc4ccccc4c4ncccc24)cc1P3(=O)c1ccccc1. The molecule has 8 rings (SSSR count). The molecule has 2 aromatic heterocycles. The van der Waals surface area contributed by atoms with Crippen molar-refractivity contribution in [1.29, 1.82) is 0 Å². The van der Waals surface area contributed by atoms with Gasteiger partial charge in [-0.3, -0.25) is 9.55 Å². The number of hydrogen-bond acceptors (Lipinski definition) is 3. The molecule has 1 aliphatic rings. The summed E-state index contributed by atoms with van der Waals surface area (Å²) >= 11 is 0. The molecule has 7 aromatic rings. The Bertz CT molecular complexity index is 2130. The molecule has 1 atom stereocenters. The van der Waals surface area contributed by atoms with Crippen molar-refractivity contribution < 1.29 is 4.57 Å². The summed E-state index contributed by atoms with van der Waals surface area (Å²) in [6.45, 7) is 2.02. The van der Waals surface area contributed by atoms with Gasteiger partial charge in [0.25, 0.3) is 0 Å². The molecule has 0 N–H and O–H groups in total. The van der Waals surface area contributed by atoms with Crippen LogP contribution in [0.1, 0.15) is 5.82 Å². The van der Waals surface area contributed by atoms with Crippen molar-refractivity contribution in [3.8, 4) is 16.8 Å². The molecular weight excluding hydrogens is 485 g/mol. The van der Waals surface area contributed by atoms with Gasteiger partial charge in [0.05, 0.1) is 22.2 Å². The molecule has 0 saturated heterocycles. The van der Waals surface area contributed by atoms with Gasteiger partial charge in [-0.1, -0.05) is 72.8 Å². The Kier molecular flexibility index (Phi) is 4.39. The zero-order valence-corrected chi connectivity index (χ0v) is 21.6. The molecule has 38 heavy (non-hydrogen) atoms. The second-order valence-electron chi connectivity index (χ2n) is 9.83. The van der Waals surface area contributed by atoms with Gasteiger partial charge in [0.1, 0.15) is 5.82 Å². The first kappa shape index (κ1) is 21.5. The van der Waals surface area contributed by atoms with Gasteiger partial charge in [0, 0.05) is 32.9 Å². The quantitative estimate of drug-likeness (QED) is 0.194. The zero-order valence-electron chi connectivity index (χ0n) is 20.7. The fraction of sp³-hybridized carbons (Fsp3) is 0.0303. The smallest absolute Gasteiger partial charge is 0.175 e. The highest BCUT2D eigenvalue weighted by atomic mass is 31.2. The molecule has 5 heteroatoms. The van der Waals surface area contributed by atoms with E-state index in [1.807, 2.05) is 67.7 Å². The topological polar surface area (TPSA) is 47.8 Å². The van der Waals surface area contributed by atoms with Crippen molar-refractivity contribution in [2.45, 2.75) is 6.92 Å². The zero-order chi connectivity index (χ0) is 25.4. The van der Waals surface area contributed by atoms with E-state index in [-0.39, 0.29) is 0 Å². The van der Waals surface area contributed by atoms with Gasteiger partial charge in [-0.15, -0.1) is 0 Å². The monoisotopic (exact) mass is 507 g/mol. The minimum atomic E-state index is -3.18. The van der Waals surface area contributed by atoms with Crippen LogP contribution in [-0.2, 0) is 4.57 Å². The maximum Gasteiger partial charge on any atom is 0.175 e. The first-order chi connectivity index (χ1) is 18.6. The van der Waals surface area contributed by atoms with E-state index in [0.29, 0.717) is 0 Å². The highest BCUT2D eigenvalue weighted by molar-refractivity contribution is 7.86. The van der Waals surface area contributed by atoms with Gasteiger partial charge in [0.15, 0.2) is 7.14 Å². The number of nitrogens with zero attached hydrogens (tertiary/aromatic N) is 3. The fourth-order valence-corrected chi connectivity index (χ4v) is 9.13. The van der Waals surface area contributed by atoms with Crippen molar-refractivity contribution in [3.63, 3.8) is 0 Å². The van der Waals surface area contributed by atoms with E-state index in [9.17, 15) is 0 Å². The van der Waals surface area contributed by atoms with E-state index in [1.54, 1.807) is 0 Å². The first-order valence-electron chi connectivity index (χ1n) is 12.7. The lowest BCUT2D eigenvalue weighted by atomic mass is 9.95. The number of aromatic nitrogens is 3. The molecule has 5 aromatic carbocycles. The highest BCUT2D eigenvalue weighted by Gasteiger charge is 2.39. The van der Waals surface area contributed by atoms with Crippen LogP contribution in [-0.4, -0.2) is 14.5 Å². The van der Waals surface area contributed by atoms with E-state index >= 15 is 4.57 Å². The Morgan fingerprint density at radius 1 is 0.737 bits per heavy atom. The van der Waals surface area contributed by atoms with Crippen LogP contribution in [0, 0.1) is 6.92 Å². The van der Waals surface area contributed by atoms with Crippen molar-refractivity contribution in [3.05, 3.63) is 121 Å². The Labute approximate surface area is 219 Å².